The second-order valence-electron chi connectivity index (χ2n) is 5.11. The third kappa shape index (κ3) is 4.29. The lowest BCUT2D eigenvalue weighted by atomic mass is 9.97. The largest absolute Gasteiger partial charge is 0.384 e. The second kappa shape index (κ2) is 6.98. The van der Waals surface area contributed by atoms with Crippen LogP contribution in [0.2, 0.25) is 0 Å². The molecule has 0 aromatic heterocycles. The summed E-state index contributed by atoms with van der Waals surface area (Å²) >= 11 is 0. The predicted molar refractivity (Wildman–Crippen MR) is 69.7 cm³/mol. The number of likely N-dealkylation sites (tertiary alicyclic amines) is 1. The van der Waals surface area contributed by atoms with Gasteiger partial charge in [-0.2, -0.15) is 5.26 Å². The van der Waals surface area contributed by atoms with Crippen molar-refractivity contribution in [3.8, 4) is 6.07 Å². The van der Waals surface area contributed by atoms with Gasteiger partial charge in [-0.25, -0.2) is 0 Å². The lowest BCUT2D eigenvalue weighted by molar-refractivity contribution is 0.0955. The van der Waals surface area contributed by atoms with E-state index in [0.717, 1.165) is 32.5 Å². The number of rotatable bonds is 4. The Bertz CT molecular complexity index is 247. The molecule has 2 aliphatic rings. The van der Waals surface area contributed by atoms with E-state index in [1.807, 2.05) is 13.8 Å². The number of ether oxygens (including phenoxy) is 1. The minimum atomic E-state index is 0.304. The van der Waals surface area contributed by atoms with Gasteiger partial charge in [0.25, 0.3) is 0 Å². The summed E-state index contributed by atoms with van der Waals surface area (Å²) in [7, 11) is 1.79. The smallest absolute Gasteiger partial charge is 0.0656 e. The summed E-state index contributed by atoms with van der Waals surface area (Å²) in [5.74, 6) is 0.304. The van der Waals surface area contributed by atoms with Gasteiger partial charge in [0, 0.05) is 25.0 Å². The molecule has 98 valence electrons. The zero-order valence-electron chi connectivity index (χ0n) is 11.5. The Labute approximate surface area is 106 Å². The van der Waals surface area contributed by atoms with Crippen LogP contribution in [-0.4, -0.2) is 38.3 Å². The monoisotopic (exact) mass is 238 g/mol. The van der Waals surface area contributed by atoms with Crippen molar-refractivity contribution in [1.29, 1.82) is 5.26 Å². The number of hydrogen-bond acceptors (Lipinski definition) is 3. The molecule has 2 rings (SSSR count). The van der Waals surface area contributed by atoms with Crippen LogP contribution in [0.25, 0.3) is 0 Å². The minimum absolute atomic E-state index is 0.304. The molecule has 0 radical (unpaired) electrons. The first-order chi connectivity index (χ1) is 8.28. The highest BCUT2D eigenvalue weighted by molar-refractivity contribution is 4.97. The van der Waals surface area contributed by atoms with Crippen molar-refractivity contribution >= 4 is 0 Å². The number of methoxy groups -OCH3 is 1. The van der Waals surface area contributed by atoms with E-state index >= 15 is 0 Å². The van der Waals surface area contributed by atoms with E-state index in [2.05, 4.69) is 11.0 Å². The van der Waals surface area contributed by atoms with Crippen molar-refractivity contribution < 1.29 is 4.74 Å². The first-order valence-electron chi connectivity index (χ1n) is 6.89. The van der Waals surface area contributed by atoms with Crippen LogP contribution in [0.5, 0.6) is 0 Å². The second-order valence-corrected chi connectivity index (χ2v) is 5.11. The standard InChI is InChI=1S/C12H20N2O.C2H6/c1-15-10-12(4-5-12)9-14-6-2-11(8-13)3-7-14;1-2/h11H,2-7,9-10H2,1H3;1-2H3. The Kier molecular flexibility index (Phi) is 5.94. The Morgan fingerprint density at radius 3 is 2.29 bits per heavy atom. The fourth-order valence-electron chi connectivity index (χ4n) is 2.53. The van der Waals surface area contributed by atoms with Gasteiger partial charge < -0.3 is 9.64 Å². The average Bonchev–Trinajstić information content (AvgIpc) is 3.13. The highest BCUT2D eigenvalue weighted by Gasteiger charge is 2.44. The molecule has 1 aliphatic carbocycles. The van der Waals surface area contributed by atoms with Crippen LogP contribution in [0.1, 0.15) is 39.5 Å². The predicted octanol–water partition coefficient (Wildman–Crippen LogP) is 2.67. The number of nitrogens with zero attached hydrogens (tertiary/aromatic N) is 2. The van der Waals surface area contributed by atoms with Crippen molar-refractivity contribution in [1.82, 2.24) is 4.90 Å². The van der Waals surface area contributed by atoms with Crippen molar-refractivity contribution in [2.24, 2.45) is 11.3 Å². The molecule has 0 bridgehead atoms. The third-order valence-corrected chi connectivity index (χ3v) is 3.74. The van der Waals surface area contributed by atoms with E-state index < -0.39 is 0 Å². The Morgan fingerprint density at radius 2 is 1.88 bits per heavy atom. The van der Waals surface area contributed by atoms with Crippen molar-refractivity contribution in [2.45, 2.75) is 39.5 Å². The molecule has 3 heteroatoms. The maximum atomic E-state index is 8.82. The molecule has 3 nitrogen and oxygen atoms in total. The lowest BCUT2D eigenvalue weighted by Gasteiger charge is -2.32. The van der Waals surface area contributed by atoms with Gasteiger partial charge in [0.15, 0.2) is 0 Å². The minimum Gasteiger partial charge on any atom is -0.384 e. The van der Waals surface area contributed by atoms with Gasteiger partial charge in [0.2, 0.25) is 0 Å². The normalized spacial score (nSPS) is 23.4. The van der Waals surface area contributed by atoms with E-state index in [9.17, 15) is 0 Å². The summed E-state index contributed by atoms with van der Waals surface area (Å²) < 4.78 is 5.27. The number of piperidine rings is 1. The molecule has 1 aliphatic heterocycles. The highest BCUT2D eigenvalue weighted by Crippen LogP contribution is 2.46. The van der Waals surface area contributed by atoms with Crippen LogP contribution in [0, 0.1) is 22.7 Å². The first kappa shape index (κ1) is 14.5. The summed E-state index contributed by atoms with van der Waals surface area (Å²) in [6, 6.07) is 2.38. The van der Waals surface area contributed by atoms with E-state index in [1.54, 1.807) is 7.11 Å². The molecule has 0 unspecified atom stereocenters. The SMILES string of the molecule is CC.COCC1(CN2CCC(C#N)CC2)CC1. The van der Waals surface area contributed by atoms with Gasteiger partial charge in [0.1, 0.15) is 0 Å². The van der Waals surface area contributed by atoms with E-state index in [1.165, 1.54) is 19.4 Å². The zero-order chi connectivity index (χ0) is 12.7. The fraction of sp³-hybridized carbons (Fsp3) is 0.929. The molecule has 0 aromatic carbocycles. The summed E-state index contributed by atoms with van der Waals surface area (Å²) in [6.45, 7) is 8.29. The van der Waals surface area contributed by atoms with Crippen LogP contribution in [0.15, 0.2) is 0 Å². The van der Waals surface area contributed by atoms with E-state index in [0.29, 0.717) is 11.3 Å². The average molecular weight is 238 g/mol. The van der Waals surface area contributed by atoms with Crippen LogP contribution < -0.4 is 0 Å². The van der Waals surface area contributed by atoms with Gasteiger partial charge in [0.05, 0.1) is 12.7 Å². The maximum absolute atomic E-state index is 8.82. The molecule has 1 heterocycles. The van der Waals surface area contributed by atoms with Gasteiger partial charge in [-0.1, -0.05) is 13.8 Å². The van der Waals surface area contributed by atoms with E-state index in [4.69, 9.17) is 10.00 Å². The molecule has 0 aromatic rings. The van der Waals surface area contributed by atoms with Crippen molar-refractivity contribution in [3.63, 3.8) is 0 Å². The number of hydrogen-bond donors (Lipinski definition) is 0. The zero-order valence-corrected chi connectivity index (χ0v) is 11.5. The van der Waals surface area contributed by atoms with Crippen molar-refractivity contribution in [2.75, 3.05) is 33.4 Å². The fourth-order valence-corrected chi connectivity index (χ4v) is 2.53. The van der Waals surface area contributed by atoms with Gasteiger partial charge in [-0.05, 0) is 38.8 Å². The molecule has 1 saturated carbocycles. The lowest BCUT2D eigenvalue weighted by Crippen LogP contribution is -2.38. The van der Waals surface area contributed by atoms with Crippen LogP contribution in [0.3, 0.4) is 0 Å². The maximum Gasteiger partial charge on any atom is 0.0656 e. The van der Waals surface area contributed by atoms with Crippen molar-refractivity contribution in [3.05, 3.63) is 0 Å². The van der Waals surface area contributed by atoms with Crippen LogP contribution in [-0.2, 0) is 4.74 Å². The van der Waals surface area contributed by atoms with Gasteiger partial charge in [-0.3, -0.25) is 0 Å². The Balaban J connectivity index is 0.000000686. The number of nitriles is 1. The molecule has 0 spiro atoms. The molecular weight excluding hydrogens is 212 g/mol. The molecule has 2 fully saturated rings. The Morgan fingerprint density at radius 1 is 1.29 bits per heavy atom. The van der Waals surface area contributed by atoms with Gasteiger partial charge >= 0.3 is 0 Å². The molecule has 17 heavy (non-hydrogen) atoms. The molecule has 0 amide bonds. The summed E-state index contributed by atoms with van der Waals surface area (Å²) in [6.07, 6.45) is 4.75. The Hall–Kier alpha value is -0.590. The van der Waals surface area contributed by atoms with Crippen LogP contribution >= 0.6 is 0 Å². The van der Waals surface area contributed by atoms with Gasteiger partial charge in [-0.15, -0.1) is 0 Å². The molecular formula is C14H26N2O. The summed E-state index contributed by atoms with van der Waals surface area (Å²) in [5, 5.41) is 8.82. The highest BCUT2D eigenvalue weighted by atomic mass is 16.5. The molecule has 0 atom stereocenters. The topological polar surface area (TPSA) is 36.3 Å². The summed E-state index contributed by atoms with van der Waals surface area (Å²) in [5.41, 5.74) is 0.466. The third-order valence-electron chi connectivity index (χ3n) is 3.74. The molecule has 0 N–H and O–H groups in total. The van der Waals surface area contributed by atoms with E-state index in [-0.39, 0.29) is 0 Å². The quantitative estimate of drug-likeness (QED) is 0.755. The summed E-state index contributed by atoms with van der Waals surface area (Å²) in [4.78, 5) is 2.51. The molecule has 1 saturated heterocycles. The first-order valence-corrected chi connectivity index (χ1v) is 6.89. The van der Waals surface area contributed by atoms with Crippen LogP contribution in [0.4, 0.5) is 0 Å².